The SMILES string of the molecule is COc1ccccc1-c1cncc(C(=O)c2cccc(N3CCNC(c4ccccc4)C3)n2)c1. The van der Waals surface area contributed by atoms with E-state index >= 15 is 0 Å². The molecule has 1 N–H and O–H groups in total. The van der Waals surface area contributed by atoms with E-state index in [0.29, 0.717) is 11.3 Å². The molecule has 0 radical (unpaired) electrons. The monoisotopic (exact) mass is 450 g/mol. The van der Waals surface area contributed by atoms with Crippen molar-refractivity contribution in [3.8, 4) is 16.9 Å². The molecule has 2 aromatic heterocycles. The number of hydrogen-bond donors (Lipinski definition) is 1. The summed E-state index contributed by atoms with van der Waals surface area (Å²) in [7, 11) is 1.63. The number of methoxy groups -OCH3 is 1. The number of aromatic nitrogens is 2. The fourth-order valence-corrected chi connectivity index (χ4v) is 4.33. The van der Waals surface area contributed by atoms with Crippen LogP contribution in [-0.4, -0.2) is 42.5 Å². The molecule has 1 aliphatic heterocycles. The summed E-state index contributed by atoms with van der Waals surface area (Å²) in [6, 6.07) is 25.8. The predicted octanol–water partition coefficient (Wildman–Crippen LogP) is 4.53. The predicted molar refractivity (Wildman–Crippen MR) is 133 cm³/mol. The molecule has 2 aromatic carbocycles. The fraction of sp³-hybridized carbons (Fsp3) is 0.179. The van der Waals surface area contributed by atoms with E-state index in [1.165, 1.54) is 5.56 Å². The van der Waals surface area contributed by atoms with Crippen molar-refractivity contribution in [3.63, 3.8) is 0 Å². The van der Waals surface area contributed by atoms with E-state index in [1.54, 1.807) is 25.6 Å². The Morgan fingerprint density at radius 1 is 1.00 bits per heavy atom. The van der Waals surface area contributed by atoms with Crippen molar-refractivity contribution < 1.29 is 9.53 Å². The number of nitrogens with one attached hydrogen (secondary N) is 1. The Hall–Kier alpha value is -4.03. The first-order valence-corrected chi connectivity index (χ1v) is 11.4. The Balaban J connectivity index is 1.39. The summed E-state index contributed by atoms with van der Waals surface area (Å²) >= 11 is 0. The Morgan fingerprint density at radius 2 is 1.82 bits per heavy atom. The van der Waals surface area contributed by atoms with Gasteiger partial charge in [0.25, 0.3) is 0 Å². The lowest BCUT2D eigenvalue weighted by atomic mass is 10.0. The molecule has 1 unspecified atom stereocenters. The Kier molecular flexibility index (Phi) is 6.31. The van der Waals surface area contributed by atoms with Crippen molar-refractivity contribution >= 4 is 11.6 Å². The number of ketones is 1. The summed E-state index contributed by atoms with van der Waals surface area (Å²) in [5.41, 5.74) is 3.87. The molecule has 4 aromatic rings. The van der Waals surface area contributed by atoms with Gasteiger partial charge in [-0.25, -0.2) is 4.98 Å². The molecule has 1 saturated heterocycles. The van der Waals surface area contributed by atoms with Crippen LogP contribution >= 0.6 is 0 Å². The van der Waals surface area contributed by atoms with E-state index in [0.717, 1.165) is 42.3 Å². The number of ether oxygens (including phenoxy) is 1. The number of hydrogen-bond acceptors (Lipinski definition) is 6. The zero-order chi connectivity index (χ0) is 23.3. The van der Waals surface area contributed by atoms with Crippen LogP contribution in [0.4, 0.5) is 5.82 Å². The zero-order valence-corrected chi connectivity index (χ0v) is 19.0. The number of nitrogens with zero attached hydrogens (tertiary/aromatic N) is 3. The van der Waals surface area contributed by atoms with Gasteiger partial charge in [-0.15, -0.1) is 0 Å². The van der Waals surface area contributed by atoms with Crippen LogP contribution in [0.5, 0.6) is 5.75 Å². The molecular formula is C28H26N4O2. The second-order valence-corrected chi connectivity index (χ2v) is 8.24. The van der Waals surface area contributed by atoms with Gasteiger partial charge in [0.15, 0.2) is 0 Å². The van der Waals surface area contributed by atoms with Gasteiger partial charge in [-0.05, 0) is 29.8 Å². The van der Waals surface area contributed by atoms with Crippen LogP contribution in [-0.2, 0) is 0 Å². The highest BCUT2D eigenvalue weighted by Crippen LogP contribution is 2.30. The topological polar surface area (TPSA) is 67.3 Å². The number of rotatable bonds is 6. The van der Waals surface area contributed by atoms with Crippen LogP contribution in [0, 0.1) is 0 Å². The molecule has 3 heterocycles. The Morgan fingerprint density at radius 3 is 2.68 bits per heavy atom. The number of carbonyl (C=O) groups excluding carboxylic acids is 1. The van der Waals surface area contributed by atoms with E-state index in [-0.39, 0.29) is 11.8 Å². The highest BCUT2D eigenvalue weighted by Gasteiger charge is 2.22. The third-order valence-electron chi connectivity index (χ3n) is 6.09. The van der Waals surface area contributed by atoms with Gasteiger partial charge >= 0.3 is 0 Å². The summed E-state index contributed by atoms with van der Waals surface area (Å²) in [5, 5.41) is 3.57. The average Bonchev–Trinajstić information content (AvgIpc) is 2.93. The second-order valence-electron chi connectivity index (χ2n) is 8.24. The molecule has 0 spiro atoms. The third kappa shape index (κ3) is 4.54. The highest BCUT2D eigenvalue weighted by molar-refractivity contribution is 6.08. The highest BCUT2D eigenvalue weighted by atomic mass is 16.5. The van der Waals surface area contributed by atoms with Crippen molar-refractivity contribution in [3.05, 3.63) is 108 Å². The number of anilines is 1. The minimum absolute atomic E-state index is 0.152. The molecule has 170 valence electrons. The van der Waals surface area contributed by atoms with Gasteiger partial charge in [0.05, 0.1) is 7.11 Å². The summed E-state index contributed by atoms with van der Waals surface area (Å²) in [4.78, 5) is 24.6. The maximum absolute atomic E-state index is 13.3. The number of carbonyl (C=O) groups is 1. The molecule has 1 aliphatic rings. The van der Waals surface area contributed by atoms with Gasteiger partial charge in [-0.2, -0.15) is 0 Å². The lowest BCUT2D eigenvalue weighted by Crippen LogP contribution is -2.46. The zero-order valence-electron chi connectivity index (χ0n) is 19.0. The first-order valence-electron chi connectivity index (χ1n) is 11.4. The molecule has 1 fully saturated rings. The van der Waals surface area contributed by atoms with E-state index in [2.05, 4.69) is 39.5 Å². The number of para-hydroxylation sites is 1. The molecule has 1 atom stereocenters. The fourth-order valence-electron chi connectivity index (χ4n) is 4.33. The standard InChI is InChI=1S/C28H26N4O2/c1-34-26-12-6-5-10-23(26)21-16-22(18-29-17-21)28(33)24-11-7-13-27(31-24)32-15-14-30-25(19-32)20-8-3-2-4-9-20/h2-13,16-18,25,30H,14-15,19H2,1H3. The first-order chi connectivity index (χ1) is 16.7. The van der Waals surface area contributed by atoms with Gasteiger partial charge in [0.1, 0.15) is 17.3 Å². The smallest absolute Gasteiger partial charge is 0.212 e. The van der Waals surface area contributed by atoms with Gasteiger partial charge in [-0.1, -0.05) is 54.6 Å². The van der Waals surface area contributed by atoms with E-state index in [1.807, 2.05) is 48.5 Å². The van der Waals surface area contributed by atoms with Crippen LogP contribution in [0.1, 0.15) is 27.7 Å². The van der Waals surface area contributed by atoms with E-state index < -0.39 is 0 Å². The van der Waals surface area contributed by atoms with Crippen molar-refractivity contribution in [1.29, 1.82) is 0 Å². The summed E-state index contributed by atoms with van der Waals surface area (Å²) in [6.45, 7) is 2.47. The lowest BCUT2D eigenvalue weighted by molar-refractivity contribution is 0.103. The molecular weight excluding hydrogens is 424 g/mol. The molecule has 5 rings (SSSR count). The van der Waals surface area contributed by atoms with Crippen LogP contribution < -0.4 is 15.0 Å². The van der Waals surface area contributed by atoms with Crippen LogP contribution in [0.2, 0.25) is 0 Å². The summed E-state index contributed by atoms with van der Waals surface area (Å²) < 4.78 is 5.47. The number of piperazine rings is 1. The van der Waals surface area contributed by atoms with Crippen molar-refractivity contribution in [1.82, 2.24) is 15.3 Å². The van der Waals surface area contributed by atoms with Crippen LogP contribution in [0.25, 0.3) is 11.1 Å². The number of pyridine rings is 2. The Bertz CT molecular complexity index is 1290. The minimum atomic E-state index is -0.152. The van der Waals surface area contributed by atoms with Crippen LogP contribution in [0.3, 0.4) is 0 Å². The molecule has 6 heteroatoms. The first kappa shape index (κ1) is 21.8. The quantitative estimate of drug-likeness (QED) is 0.435. The molecule has 6 nitrogen and oxygen atoms in total. The van der Waals surface area contributed by atoms with Gasteiger partial charge < -0.3 is 15.0 Å². The maximum Gasteiger partial charge on any atom is 0.212 e. The van der Waals surface area contributed by atoms with E-state index in [4.69, 9.17) is 9.72 Å². The van der Waals surface area contributed by atoms with E-state index in [9.17, 15) is 4.79 Å². The summed E-state index contributed by atoms with van der Waals surface area (Å²) in [5.74, 6) is 1.39. The molecule has 0 amide bonds. The van der Waals surface area contributed by atoms with Gasteiger partial charge in [0, 0.05) is 54.8 Å². The molecule has 0 aliphatic carbocycles. The van der Waals surface area contributed by atoms with Crippen molar-refractivity contribution in [2.75, 3.05) is 31.6 Å². The molecule has 0 bridgehead atoms. The Labute approximate surface area is 199 Å². The second kappa shape index (κ2) is 9.85. The van der Waals surface area contributed by atoms with Crippen molar-refractivity contribution in [2.45, 2.75) is 6.04 Å². The average molecular weight is 451 g/mol. The third-order valence-corrected chi connectivity index (χ3v) is 6.09. The van der Waals surface area contributed by atoms with Gasteiger partial charge in [-0.3, -0.25) is 9.78 Å². The van der Waals surface area contributed by atoms with Crippen LogP contribution in [0.15, 0.2) is 91.3 Å². The minimum Gasteiger partial charge on any atom is -0.496 e. The largest absolute Gasteiger partial charge is 0.496 e. The normalized spacial score (nSPS) is 15.7. The van der Waals surface area contributed by atoms with Gasteiger partial charge in [0.2, 0.25) is 5.78 Å². The lowest BCUT2D eigenvalue weighted by Gasteiger charge is -2.35. The molecule has 0 saturated carbocycles. The molecule has 34 heavy (non-hydrogen) atoms. The van der Waals surface area contributed by atoms with Crippen molar-refractivity contribution in [2.24, 2.45) is 0 Å². The maximum atomic E-state index is 13.3. The summed E-state index contributed by atoms with van der Waals surface area (Å²) in [6.07, 6.45) is 3.33. The number of benzene rings is 2.